The van der Waals surface area contributed by atoms with Gasteiger partial charge in [-0.2, -0.15) is 0 Å². The van der Waals surface area contributed by atoms with Gasteiger partial charge in [-0.05, 0) is 39.2 Å². The first kappa shape index (κ1) is 12.6. The van der Waals surface area contributed by atoms with E-state index in [0.29, 0.717) is 0 Å². The number of fused-ring (bicyclic) bond motifs is 2. The summed E-state index contributed by atoms with van der Waals surface area (Å²) < 4.78 is 1.16. The Kier molecular flexibility index (Phi) is 2.99. The minimum absolute atomic E-state index is 0.586. The van der Waals surface area contributed by atoms with E-state index in [1.54, 1.807) is 11.3 Å². The van der Waals surface area contributed by atoms with Crippen LogP contribution in [0.3, 0.4) is 0 Å². The molecule has 0 spiro atoms. The zero-order chi connectivity index (χ0) is 14.2. The van der Waals surface area contributed by atoms with Gasteiger partial charge < -0.3 is 5.11 Å². The van der Waals surface area contributed by atoms with E-state index < -0.39 is 6.10 Å². The summed E-state index contributed by atoms with van der Waals surface area (Å²) in [5, 5.41) is 16.4. The molecular weight excluding hydrogens is 276 g/mol. The predicted molar refractivity (Wildman–Crippen MR) is 89.8 cm³/mol. The van der Waals surface area contributed by atoms with Crippen molar-refractivity contribution in [2.45, 2.75) is 6.10 Å². The van der Waals surface area contributed by atoms with Crippen LogP contribution in [0.2, 0.25) is 0 Å². The summed E-state index contributed by atoms with van der Waals surface area (Å²) in [5.41, 5.74) is 1.92. The second kappa shape index (κ2) is 4.99. The van der Waals surface area contributed by atoms with E-state index in [9.17, 15) is 5.11 Å². The molecule has 102 valence electrons. The summed E-state index contributed by atoms with van der Waals surface area (Å²) in [6.45, 7) is 0. The van der Waals surface area contributed by atoms with Gasteiger partial charge in [-0.1, -0.05) is 54.6 Å². The van der Waals surface area contributed by atoms with Gasteiger partial charge in [0.1, 0.15) is 6.10 Å². The second-order valence-electron chi connectivity index (χ2n) is 5.20. The Morgan fingerprint density at radius 1 is 0.762 bits per heavy atom. The average molecular weight is 290 g/mol. The number of hydrogen-bond acceptors (Lipinski definition) is 2. The van der Waals surface area contributed by atoms with Crippen molar-refractivity contribution in [1.82, 2.24) is 0 Å². The van der Waals surface area contributed by atoms with Gasteiger partial charge in [-0.3, -0.25) is 0 Å². The third-order valence-corrected chi connectivity index (χ3v) is 4.87. The highest BCUT2D eigenvalue weighted by Crippen LogP contribution is 2.33. The van der Waals surface area contributed by atoms with E-state index >= 15 is 0 Å². The van der Waals surface area contributed by atoms with Crippen LogP contribution in [-0.2, 0) is 0 Å². The molecule has 1 N–H and O–H groups in total. The molecule has 0 aliphatic rings. The van der Waals surface area contributed by atoms with E-state index in [4.69, 9.17) is 0 Å². The first-order valence-corrected chi connectivity index (χ1v) is 7.84. The number of aliphatic hydroxyl groups is 1. The minimum atomic E-state index is -0.586. The molecule has 0 amide bonds. The molecule has 0 aliphatic heterocycles. The van der Waals surface area contributed by atoms with Crippen molar-refractivity contribution in [2.75, 3.05) is 0 Å². The normalized spacial score (nSPS) is 12.8. The van der Waals surface area contributed by atoms with Gasteiger partial charge in [0.2, 0.25) is 0 Å². The molecule has 0 saturated heterocycles. The predicted octanol–water partition coefficient (Wildman–Crippen LogP) is 5.14. The maximum Gasteiger partial charge on any atom is 0.105 e. The van der Waals surface area contributed by atoms with Crippen molar-refractivity contribution in [3.8, 4) is 0 Å². The zero-order valence-electron chi connectivity index (χ0n) is 11.4. The monoisotopic (exact) mass is 290 g/mol. The number of thiophene rings is 1. The van der Waals surface area contributed by atoms with E-state index in [-0.39, 0.29) is 0 Å². The number of rotatable bonds is 2. The third-order valence-electron chi connectivity index (χ3n) is 3.89. The Balaban J connectivity index is 1.85. The summed E-state index contributed by atoms with van der Waals surface area (Å²) in [6, 6.07) is 22.6. The highest BCUT2D eigenvalue weighted by molar-refractivity contribution is 7.17. The summed E-state index contributed by atoms with van der Waals surface area (Å²) in [5.74, 6) is 0. The van der Waals surface area contributed by atoms with E-state index in [1.807, 2.05) is 30.3 Å². The van der Waals surface area contributed by atoms with Crippen molar-refractivity contribution in [3.05, 3.63) is 83.2 Å². The van der Waals surface area contributed by atoms with Crippen LogP contribution in [0.4, 0.5) is 0 Å². The van der Waals surface area contributed by atoms with Crippen LogP contribution in [0.1, 0.15) is 17.2 Å². The quantitative estimate of drug-likeness (QED) is 0.542. The molecule has 4 aromatic rings. The summed E-state index contributed by atoms with van der Waals surface area (Å²) in [7, 11) is 0. The molecule has 0 radical (unpaired) electrons. The molecule has 1 aromatic heterocycles. The summed E-state index contributed by atoms with van der Waals surface area (Å²) in [6.07, 6.45) is -0.586. The Morgan fingerprint density at radius 2 is 1.57 bits per heavy atom. The molecule has 4 rings (SSSR count). The van der Waals surface area contributed by atoms with Crippen LogP contribution in [0, 0.1) is 0 Å². The lowest BCUT2D eigenvalue weighted by atomic mass is 9.98. The van der Waals surface area contributed by atoms with Crippen molar-refractivity contribution >= 4 is 32.2 Å². The van der Waals surface area contributed by atoms with Crippen molar-refractivity contribution < 1.29 is 5.11 Å². The van der Waals surface area contributed by atoms with Crippen LogP contribution in [-0.4, -0.2) is 5.11 Å². The van der Waals surface area contributed by atoms with Gasteiger partial charge in [-0.25, -0.2) is 0 Å². The summed E-state index contributed by atoms with van der Waals surface area (Å²) >= 11 is 1.68. The molecule has 1 unspecified atom stereocenters. The molecule has 21 heavy (non-hydrogen) atoms. The van der Waals surface area contributed by atoms with Gasteiger partial charge in [0.25, 0.3) is 0 Å². The van der Waals surface area contributed by atoms with Crippen molar-refractivity contribution in [1.29, 1.82) is 0 Å². The highest BCUT2D eigenvalue weighted by Gasteiger charge is 2.14. The maximum atomic E-state index is 10.8. The standard InChI is InChI=1S/C19H14OS/c20-18(17-7-3-6-14-10-11-21-19(14)17)16-9-8-13-4-1-2-5-15(13)12-16/h1-12,18,20H. The van der Waals surface area contributed by atoms with Gasteiger partial charge in [0, 0.05) is 10.3 Å². The molecule has 0 fully saturated rings. The molecule has 1 atom stereocenters. The van der Waals surface area contributed by atoms with Crippen LogP contribution in [0.15, 0.2) is 72.1 Å². The Labute approximate surface area is 127 Å². The van der Waals surface area contributed by atoms with Gasteiger partial charge in [-0.15, -0.1) is 11.3 Å². The van der Waals surface area contributed by atoms with E-state index in [1.165, 1.54) is 10.8 Å². The van der Waals surface area contributed by atoms with Crippen molar-refractivity contribution in [2.24, 2.45) is 0 Å². The molecule has 0 saturated carbocycles. The molecule has 3 aromatic carbocycles. The van der Waals surface area contributed by atoms with E-state index in [2.05, 4.69) is 41.8 Å². The number of benzene rings is 3. The smallest absolute Gasteiger partial charge is 0.105 e. The van der Waals surface area contributed by atoms with Crippen LogP contribution >= 0.6 is 11.3 Å². The number of aliphatic hydroxyl groups excluding tert-OH is 1. The van der Waals surface area contributed by atoms with Crippen LogP contribution in [0.25, 0.3) is 20.9 Å². The van der Waals surface area contributed by atoms with E-state index in [0.717, 1.165) is 21.2 Å². The molecule has 1 heterocycles. The minimum Gasteiger partial charge on any atom is -0.384 e. The molecule has 1 nitrogen and oxygen atoms in total. The maximum absolute atomic E-state index is 10.8. The van der Waals surface area contributed by atoms with Gasteiger partial charge >= 0.3 is 0 Å². The van der Waals surface area contributed by atoms with Crippen LogP contribution < -0.4 is 0 Å². The summed E-state index contributed by atoms with van der Waals surface area (Å²) in [4.78, 5) is 0. The Bertz CT molecular complexity index is 923. The first-order valence-electron chi connectivity index (χ1n) is 6.96. The van der Waals surface area contributed by atoms with Gasteiger partial charge in [0.15, 0.2) is 0 Å². The average Bonchev–Trinajstić information content (AvgIpc) is 3.02. The van der Waals surface area contributed by atoms with Gasteiger partial charge in [0.05, 0.1) is 0 Å². The number of hydrogen-bond donors (Lipinski definition) is 1. The lowest BCUT2D eigenvalue weighted by Crippen LogP contribution is -1.99. The highest BCUT2D eigenvalue weighted by atomic mass is 32.1. The molecule has 2 heteroatoms. The van der Waals surface area contributed by atoms with Crippen LogP contribution in [0.5, 0.6) is 0 Å². The molecular formula is C19H14OS. The lowest BCUT2D eigenvalue weighted by molar-refractivity contribution is 0.222. The second-order valence-corrected chi connectivity index (χ2v) is 6.11. The fourth-order valence-corrected chi connectivity index (χ4v) is 3.73. The topological polar surface area (TPSA) is 20.2 Å². The SMILES string of the molecule is OC(c1ccc2ccccc2c1)c1cccc2ccsc12. The Hall–Kier alpha value is -2.16. The Morgan fingerprint density at radius 3 is 2.48 bits per heavy atom. The molecule has 0 aliphatic carbocycles. The van der Waals surface area contributed by atoms with Crippen molar-refractivity contribution in [3.63, 3.8) is 0 Å². The lowest BCUT2D eigenvalue weighted by Gasteiger charge is -2.13. The fraction of sp³-hybridized carbons (Fsp3) is 0.0526. The third kappa shape index (κ3) is 2.13. The largest absolute Gasteiger partial charge is 0.384 e. The fourth-order valence-electron chi connectivity index (χ4n) is 2.79. The first-order chi connectivity index (χ1) is 10.3. The molecule has 0 bridgehead atoms. The zero-order valence-corrected chi connectivity index (χ0v) is 12.2.